The maximum absolute atomic E-state index is 13.5. The van der Waals surface area contributed by atoms with Gasteiger partial charge in [-0.05, 0) is 38.5 Å². The minimum Gasteiger partial charge on any atom is -0.495 e. The number of benzene rings is 1. The number of amides is 1. The molecule has 1 aromatic carbocycles. The van der Waals surface area contributed by atoms with Crippen LogP contribution >= 0.6 is 11.3 Å². The minimum atomic E-state index is -3.84. The van der Waals surface area contributed by atoms with Gasteiger partial charge in [0, 0.05) is 26.2 Å². The van der Waals surface area contributed by atoms with E-state index in [4.69, 9.17) is 9.47 Å². The van der Waals surface area contributed by atoms with Crippen LogP contribution in [0.15, 0.2) is 23.1 Å². The number of hydrogen-bond donors (Lipinski definition) is 0. The van der Waals surface area contributed by atoms with Crippen LogP contribution in [0.1, 0.15) is 58.8 Å². The maximum atomic E-state index is 13.5. The molecule has 2 aromatic rings. The second-order valence-corrected chi connectivity index (χ2v) is 10.5. The zero-order chi connectivity index (χ0) is 24.8. The summed E-state index contributed by atoms with van der Waals surface area (Å²) in [6.45, 7) is 6.08. The van der Waals surface area contributed by atoms with Crippen LogP contribution in [0.3, 0.4) is 0 Å². The van der Waals surface area contributed by atoms with E-state index < -0.39 is 21.9 Å². The van der Waals surface area contributed by atoms with Gasteiger partial charge in [0.05, 0.1) is 19.4 Å². The van der Waals surface area contributed by atoms with Crippen molar-refractivity contribution >= 4 is 38.4 Å². The van der Waals surface area contributed by atoms with Crippen LogP contribution in [0.2, 0.25) is 0 Å². The van der Waals surface area contributed by atoms with Crippen molar-refractivity contribution in [2.45, 2.75) is 44.9 Å². The first kappa shape index (κ1) is 26.7. The van der Waals surface area contributed by atoms with Crippen molar-refractivity contribution in [3.8, 4) is 5.75 Å². The number of carbonyl (C=O) groups is 2. The summed E-state index contributed by atoms with van der Waals surface area (Å²) in [5.74, 6) is -0.746. The molecule has 0 bridgehead atoms. The summed E-state index contributed by atoms with van der Waals surface area (Å²) in [4.78, 5) is 32.0. The van der Waals surface area contributed by atoms with Crippen molar-refractivity contribution in [1.82, 2.24) is 9.29 Å². The third-order valence-electron chi connectivity index (χ3n) is 4.88. The van der Waals surface area contributed by atoms with Gasteiger partial charge in [0.1, 0.15) is 15.5 Å². The largest absolute Gasteiger partial charge is 0.495 e. The normalized spacial score (nSPS) is 11.5. The van der Waals surface area contributed by atoms with Gasteiger partial charge in [-0.2, -0.15) is 0 Å². The van der Waals surface area contributed by atoms with E-state index in [0.29, 0.717) is 22.2 Å². The first-order chi connectivity index (χ1) is 15.6. The first-order valence-corrected chi connectivity index (χ1v) is 12.9. The van der Waals surface area contributed by atoms with Gasteiger partial charge >= 0.3 is 5.97 Å². The highest BCUT2D eigenvalue weighted by atomic mass is 32.2. The lowest BCUT2D eigenvalue weighted by Crippen LogP contribution is -2.32. The SMILES string of the molecule is CCCCCN(C(=O)c1ccc(OC)c(S(=O)(=O)N(C)C)c1)c1nc(C)c(C(=O)OCC)s1. The van der Waals surface area contributed by atoms with Crippen molar-refractivity contribution < 1.29 is 27.5 Å². The number of aryl methyl sites for hydroxylation is 1. The average Bonchev–Trinajstić information content (AvgIpc) is 3.17. The number of esters is 1. The van der Waals surface area contributed by atoms with Crippen molar-refractivity contribution in [3.63, 3.8) is 0 Å². The number of methoxy groups -OCH3 is 1. The monoisotopic (exact) mass is 497 g/mol. The van der Waals surface area contributed by atoms with Gasteiger partial charge in [-0.15, -0.1) is 0 Å². The van der Waals surface area contributed by atoms with Gasteiger partial charge in [0.2, 0.25) is 10.0 Å². The Bertz CT molecular complexity index is 1100. The number of rotatable bonds is 11. The number of unbranched alkanes of at least 4 members (excludes halogenated alkanes) is 2. The van der Waals surface area contributed by atoms with Gasteiger partial charge in [-0.1, -0.05) is 31.1 Å². The predicted octanol–water partition coefficient (Wildman–Crippen LogP) is 3.72. The molecule has 0 radical (unpaired) electrons. The van der Waals surface area contributed by atoms with Gasteiger partial charge in [0.25, 0.3) is 5.91 Å². The third kappa shape index (κ3) is 6.10. The highest BCUT2D eigenvalue weighted by molar-refractivity contribution is 7.89. The number of hydrogen-bond acceptors (Lipinski definition) is 8. The highest BCUT2D eigenvalue weighted by Gasteiger charge is 2.28. The van der Waals surface area contributed by atoms with Crippen molar-refractivity contribution in [1.29, 1.82) is 0 Å². The van der Waals surface area contributed by atoms with Gasteiger partial charge < -0.3 is 9.47 Å². The minimum absolute atomic E-state index is 0.100. The molecule has 9 nitrogen and oxygen atoms in total. The van der Waals surface area contributed by atoms with Crippen LogP contribution in [-0.4, -0.2) is 63.9 Å². The molecule has 1 aromatic heterocycles. The summed E-state index contributed by atoms with van der Waals surface area (Å²) in [6, 6.07) is 4.30. The summed E-state index contributed by atoms with van der Waals surface area (Å²) in [7, 11) is 0.354. The summed E-state index contributed by atoms with van der Waals surface area (Å²) in [6.07, 6.45) is 2.59. The second-order valence-electron chi connectivity index (χ2n) is 7.45. The Hall–Kier alpha value is -2.50. The molecule has 0 aliphatic heterocycles. The zero-order valence-corrected chi connectivity index (χ0v) is 21.5. The number of nitrogens with zero attached hydrogens (tertiary/aromatic N) is 3. The summed E-state index contributed by atoms with van der Waals surface area (Å²) in [5.41, 5.74) is 0.658. The molecule has 0 saturated carbocycles. The van der Waals surface area contributed by atoms with Crippen LogP contribution in [0.5, 0.6) is 5.75 Å². The van der Waals surface area contributed by atoms with E-state index in [-0.39, 0.29) is 22.8 Å². The molecule has 11 heteroatoms. The molecule has 182 valence electrons. The third-order valence-corrected chi connectivity index (χ3v) is 7.87. The lowest BCUT2D eigenvalue weighted by atomic mass is 10.1. The molecule has 1 heterocycles. The maximum Gasteiger partial charge on any atom is 0.350 e. The Morgan fingerprint density at radius 3 is 2.42 bits per heavy atom. The lowest BCUT2D eigenvalue weighted by Gasteiger charge is -2.21. The fourth-order valence-corrected chi connectivity index (χ4v) is 5.11. The smallest absolute Gasteiger partial charge is 0.350 e. The van der Waals surface area contributed by atoms with Crippen molar-refractivity contribution in [2.75, 3.05) is 39.3 Å². The molecule has 1 amide bonds. The number of anilines is 1. The lowest BCUT2D eigenvalue weighted by molar-refractivity contribution is 0.0531. The fourth-order valence-electron chi connectivity index (χ4n) is 3.05. The van der Waals surface area contributed by atoms with E-state index >= 15 is 0 Å². The van der Waals surface area contributed by atoms with Crippen LogP contribution in [0.4, 0.5) is 5.13 Å². The Morgan fingerprint density at radius 2 is 1.85 bits per heavy atom. The first-order valence-electron chi connectivity index (χ1n) is 10.6. The molecule has 0 aliphatic rings. The molecule has 33 heavy (non-hydrogen) atoms. The van der Waals surface area contributed by atoms with E-state index in [0.717, 1.165) is 34.9 Å². The van der Waals surface area contributed by atoms with Crippen LogP contribution in [-0.2, 0) is 14.8 Å². The standard InChI is InChI=1S/C22H31N3O6S2/c1-7-9-10-13-25(22-23-15(3)19(32-22)21(27)31-8-2)20(26)16-11-12-17(30-6)18(14-16)33(28,29)24(4)5/h11-12,14H,7-10,13H2,1-6H3. The van der Waals surface area contributed by atoms with Gasteiger partial charge in [-0.25, -0.2) is 22.5 Å². The van der Waals surface area contributed by atoms with Gasteiger partial charge in [0.15, 0.2) is 5.13 Å². The van der Waals surface area contributed by atoms with E-state index in [1.54, 1.807) is 13.8 Å². The summed E-state index contributed by atoms with van der Waals surface area (Å²) in [5, 5.41) is 0.365. The Morgan fingerprint density at radius 1 is 1.15 bits per heavy atom. The van der Waals surface area contributed by atoms with Crippen LogP contribution < -0.4 is 9.64 Å². The van der Waals surface area contributed by atoms with E-state index in [2.05, 4.69) is 11.9 Å². The van der Waals surface area contributed by atoms with Crippen molar-refractivity contribution in [3.05, 3.63) is 34.3 Å². The topological polar surface area (TPSA) is 106 Å². The van der Waals surface area contributed by atoms with Crippen LogP contribution in [0, 0.1) is 6.92 Å². The number of ether oxygens (including phenoxy) is 2. The summed E-state index contributed by atoms with van der Waals surface area (Å²) < 4.78 is 36.9. The Kier molecular flexibility index (Phi) is 9.38. The highest BCUT2D eigenvalue weighted by Crippen LogP contribution is 2.31. The second kappa shape index (κ2) is 11.6. The van der Waals surface area contributed by atoms with Crippen molar-refractivity contribution in [2.24, 2.45) is 0 Å². The predicted molar refractivity (Wildman–Crippen MR) is 128 cm³/mol. The molecule has 0 saturated heterocycles. The number of aromatic nitrogens is 1. The number of thiazole rings is 1. The molecular formula is C22H31N3O6S2. The molecular weight excluding hydrogens is 466 g/mol. The summed E-state index contributed by atoms with van der Waals surface area (Å²) >= 11 is 1.09. The van der Waals surface area contributed by atoms with Crippen LogP contribution in [0.25, 0.3) is 0 Å². The molecule has 0 atom stereocenters. The Balaban J connectivity index is 2.53. The molecule has 0 spiro atoms. The molecule has 2 rings (SSSR count). The molecule has 0 fully saturated rings. The van der Waals surface area contributed by atoms with E-state index in [1.165, 1.54) is 44.3 Å². The van der Waals surface area contributed by atoms with E-state index in [9.17, 15) is 18.0 Å². The average molecular weight is 498 g/mol. The number of sulfonamides is 1. The zero-order valence-electron chi connectivity index (χ0n) is 19.9. The quantitative estimate of drug-likeness (QED) is 0.344. The molecule has 0 N–H and O–H groups in total. The Labute approximate surface area is 199 Å². The van der Waals surface area contributed by atoms with Gasteiger partial charge in [-0.3, -0.25) is 9.69 Å². The fraction of sp³-hybridized carbons (Fsp3) is 0.500. The van der Waals surface area contributed by atoms with E-state index in [1.807, 2.05) is 0 Å². The molecule has 0 aliphatic carbocycles. The number of carbonyl (C=O) groups excluding carboxylic acids is 2. The molecule has 0 unspecified atom stereocenters.